The van der Waals surface area contributed by atoms with Crippen molar-refractivity contribution in [3.05, 3.63) is 20.7 Å². The van der Waals surface area contributed by atoms with Gasteiger partial charge in [-0.2, -0.15) is 0 Å². The minimum Gasteiger partial charge on any atom is -0.315 e. The summed E-state index contributed by atoms with van der Waals surface area (Å²) < 4.78 is 26.3. The molecule has 1 aliphatic rings. The van der Waals surface area contributed by atoms with Crippen LogP contribution >= 0.6 is 11.3 Å². The van der Waals surface area contributed by atoms with Crippen LogP contribution in [0.15, 0.2) is 10.2 Å². The number of aromatic amines is 1. The summed E-state index contributed by atoms with van der Waals surface area (Å²) in [5.74, 6) is 0. The maximum atomic E-state index is 11.9. The third kappa shape index (κ3) is 3.91. The molecule has 1 atom stereocenters. The molecule has 0 spiro atoms. The van der Waals surface area contributed by atoms with Gasteiger partial charge in [-0.15, -0.1) is 0 Å². The van der Waals surface area contributed by atoms with E-state index in [0.717, 1.165) is 24.2 Å². The lowest BCUT2D eigenvalue weighted by atomic mass is 10.4. The molecular weight excluding hydrogens is 274 g/mol. The van der Waals surface area contributed by atoms with Gasteiger partial charge in [0.2, 0.25) is 10.0 Å². The predicted molar refractivity (Wildman–Crippen MR) is 71.2 cm³/mol. The number of rotatable bonds is 7. The van der Waals surface area contributed by atoms with Crippen LogP contribution in [0.1, 0.15) is 25.5 Å². The first kappa shape index (κ1) is 13.7. The van der Waals surface area contributed by atoms with Crippen molar-refractivity contribution in [3.8, 4) is 0 Å². The molecule has 0 saturated heterocycles. The van der Waals surface area contributed by atoms with Crippen molar-refractivity contribution in [1.82, 2.24) is 15.0 Å². The Morgan fingerprint density at radius 3 is 2.83 bits per heavy atom. The summed E-state index contributed by atoms with van der Waals surface area (Å²) in [6.07, 6.45) is 2.27. The van der Waals surface area contributed by atoms with E-state index in [9.17, 15) is 13.2 Å². The van der Waals surface area contributed by atoms with Gasteiger partial charge in [0.25, 0.3) is 0 Å². The number of H-pyrrole nitrogens is 1. The summed E-state index contributed by atoms with van der Waals surface area (Å²) in [6.45, 7) is 2.27. The molecule has 1 fully saturated rings. The van der Waals surface area contributed by atoms with E-state index in [1.54, 1.807) is 12.3 Å². The highest BCUT2D eigenvalue weighted by Crippen LogP contribution is 2.18. The van der Waals surface area contributed by atoms with Crippen LogP contribution in [0.25, 0.3) is 0 Å². The van der Waals surface area contributed by atoms with Crippen molar-refractivity contribution in [1.29, 1.82) is 0 Å². The van der Waals surface area contributed by atoms with Crippen LogP contribution in [0.2, 0.25) is 0 Å². The van der Waals surface area contributed by atoms with Crippen LogP contribution < -0.4 is 14.9 Å². The van der Waals surface area contributed by atoms with E-state index in [2.05, 4.69) is 15.0 Å². The molecule has 0 aliphatic heterocycles. The normalized spacial score (nSPS) is 17.8. The summed E-state index contributed by atoms with van der Waals surface area (Å²) in [6, 6.07) is 0.496. The third-order valence-corrected chi connectivity index (χ3v) is 5.33. The number of nitrogens with one attached hydrogen (secondary N) is 3. The molecule has 1 aliphatic carbocycles. The molecule has 8 heteroatoms. The molecule has 1 heterocycles. The van der Waals surface area contributed by atoms with E-state index in [0.29, 0.717) is 18.3 Å². The Balaban J connectivity index is 1.83. The Bertz CT molecular complexity index is 545. The quantitative estimate of drug-likeness (QED) is 0.659. The number of hydrogen-bond acceptors (Lipinski definition) is 5. The van der Waals surface area contributed by atoms with Crippen LogP contribution in [-0.2, 0) is 16.6 Å². The minimum absolute atomic E-state index is 0.134. The average molecular weight is 291 g/mol. The summed E-state index contributed by atoms with van der Waals surface area (Å²) in [4.78, 5) is 13.3. The first-order valence-corrected chi connectivity index (χ1v) is 8.28. The molecule has 1 saturated carbocycles. The van der Waals surface area contributed by atoms with E-state index in [1.165, 1.54) is 0 Å². The third-order valence-electron chi connectivity index (χ3n) is 2.84. The first-order valence-electron chi connectivity index (χ1n) is 5.86. The van der Waals surface area contributed by atoms with Gasteiger partial charge in [-0.3, -0.25) is 4.79 Å². The second kappa shape index (κ2) is 5.52. The van der Waals surface area contributed by atoms with Crippen molar-refractivity contribution >= 4 is 21.4 Å². The summed E-state index contributed by atoms with van der Waals surface area (Å²) in [5, 5.41) is 4.33. The zero-order valence-corrected chi connectivity index (χ0v) is 11.7. The van der Waals surface area contributed by atoms with Gasteiger partial charge >= 0.3 is 4.87 Å². The Kier molecular flexibility index (Phi) is 4.21. The molecule has 0 radical (unpaired) electrons. The van der Waals surface area contributed by atoms with Crippen LogP contribution in [0.3, 0.4) is 0 Å². The Labute approximate surface area is 110 Å². The Morgan fingerprint density at radius 1 is 1.56 bits per heavy atom. The van der Waals surface area contributed by atoms with Crippen LogP contribution in [0.5, 0.6) is 0 Å². The molecule has 0 bridgehead atoms. The molecule has 0 aromatic carbocycles. The van der Waals surface area contributed by atoms with Gasteiger partial charge in [-0.05, 0) is 19.8 Å². The monoisotopic (exact) mass is 291 g/mol. The van der Waals surface area contributed by atoms with Crippen LogP contribution in [0, 0.1) is 0 Å². The lowest BCUT2D eigenvalue weighted by Crippen LogP contribution is -2.39. The highest BCUT2D eigenvalue weighted by molar-refractivity contribution is 7.90. The minimum atomic E-state index is -3.35. The van der Waals surface area contributed by atoms with Gasteiger partial charge in [-0.1, -0.05) is 11.3 Å². The van der Waals surface area contributed by atoms with Crippen molar-refractivity contribution in [2.75, 3.05) is 6.54 Å². The molecule has 6 nitrogen and oxygen atoms in total. The van der Waals surface area contributed by atoms with Gasteiger partial charge in [-0.25, -0.2) is 13.1 Å². The van der Waals surface area contributed by atoms with Crippen molar-refractivity contribution in [2.45, 2.75) is 37.6 Å². The van der Waals surface area contributed by atoms with Gasteiger partial charge in [0.15, 0.2) is 0 Å². The molecule has 102 valence electrons. The summed E-state index contributed by atoms with van der Waals surface area (Å²) in [5.41, 5.74) is 0.593. The van der Waals surface area contributed by atoms with Crippen molar-refractivity contribution in [3.63, 3.8) is 0 Å². The van der Waals surface area contributed by atoms with E-state index in [-0.39, 0.29) is 11.4 Å². The molecule has 1 aromatic rings. The Morgan fingerprint density at radius 2 is 2.28 bits per heavy atom. The van der Waals surface area contributed by atoms with E-state index in [1.807, 2.05) is 0 Å². The topological polar surface area (TPSA) is 91.1 Å². The lowest BCUT2D eigenvalue weighted by molar-refractivity contribution is 0.556. The highest BCUT2D eigenvalue weighted by atomic mass is 32.2. The molecular formula is C10H17N3O3S2. The second-order valence-corrected chi connectivity index (χ2v) is 7.56. The maximum absolute atomic E-state index is 11.9. The zero-order valence-electron chi connectivity index (χ0n) is 10.1. The highest BCUT2D eigenvalue weighted by Gasteiger charge is 2.25. The first-order chi connectivity index (χ1) is 8.47. The van der Waals surface area contributed by atoms with Gasteiger partial charge < -0.3 is 10.3 Å². The van der Waals surface area contributed by atoms with Gasteiger partial charge in [0, 0.05) is 23.7 Å². The van der Waals surface area contributed by atoms with Crippen molar-refractivity contribution in [2.24, 2.45) is 0 Å². The largest absolute Gasteiger partial charge is 0.315 e. The number of hydrogen-bond donors (Lipinski definition) is 3. The fraction of sp³-hybridized carbons (Fsp3) is 0.700. The van der Waals surface area contributed by atoms with Crippen LogP contribution in [0.4, 0.5) is 0 Å². The van der Waals surface area contributed by atoms with Gasteiger partial charge in [0.1, 0.15) is 0 Å². The average Bonchev–Trinajstić information content (AvgIpc) is 3.06. The fourth-order valence-corrected chi connectivity index (χ4v) is 2.99. The van der Waals surface area contributed by atoms with Crippen molar-refractivity contribution < 1.29 is 8.42 Å². The van der Waals surface area contributed by atoms with E-state index in [4.69, 9.17) is 0 Å². The van der Waals surface area contributed by atoms with Crippen LogP contribution in [-0.4, -0.2) is 31.2 Å². The molecule has 1 unspecified atom stereocenters. The smallest absolute Gasteiger partial charge is 0.304 e. The maximum Gasteiger partial charge on any atom is 0.304 e. The van der Waals surface area contributed by atoms with Gasteiger partial charge in [0.05, 0.1) is 11.8 Å². The second-order valence-electron chi connectivity index (χ2n) is 4.53. The zero-order chi connectivity index (χ0) is 13.2. The molecule has 2 rings (SSSR count). The summed E-state index contributed by atoms with van der Waals surface area (Å²) >= 11 is 1.03. The molecule has 0 amide bonds. The Hall–Kier alpha value is -0.700. The predicted octanol–water partition coefficient (Wildman–Crippen LogP) is -0.00370. The fourth-order valence-electron chi connectivity index (χ4n) is 1.45. The number of thiazole rings is 1. The molecule has 3 N–H and O–H groups in total. The van der Waals surface area contributed by atoms with E-state index >= 15 is 0 Å². The standard InChI is InChI=1S/C10H17N3O3S2/c1-7(4-11-8-2-3-8)18(15,16)12-5-9-6-17-10(14)13-9/h6-8,11-12H,2-5H2,1H3,(H,13,14). The SMILES string of the molecule is CC(CNC1CC1)S(=O)(=O)NCc1csc(=O)[nH]1. The lowest BCUT2D eigenvalue weighted by Gasteiger charge is -2.14. The number of sulfonamides is 1. The number of aromatic nitrogens is 1. The summed E-state index contributed by atoms with van der Waals surface area (Å²) in [7, 11) is -3.35. The molecule has 18 heavy (non-hydrogen) atoms. The molecule has 1 aromatic heterocycles. The van der Waals surface area contributed by atoms with E-state index < -0.39 is 15.3 Å².